The molecule has 6 heteroatoms. The third-order valence-corrected chi connectivity index (χ3v) is 3.51. The summed E-state index contributed by atoms with van der Waals surface area (Å²) in [6.45, 7) is 0.662. The molecule has 1 aromatic carbocycles. The van der Waals surface area contributed by atoms with E-state index in [0.29, 0.717) is 6.54 Å². The molecule has 0 aliphatic heterocycles. The summed E-state index contributed by atoms with van der Waals surface area (Å²) in [5.74, 6) is -0.530. The highest BCUT2D eigenvalue weighted by atomic mass is 16.1. The van der Waals surface area contributed by atoms with E-state index in [-0.39, 0.29) is 5.69 Å². The predicted molar refractivity (Wildman–Crippen MR) is 88.4 cm³/mol. The van der Waals surface area contributed by atoms with E-state index in [0.717, 1.165) is 16.9 Å². The lowest BCUT2D eigenvalue weighted by Gasteiger charge is -2.18. The summed E-state index contributed by atoms with van der Waals surface area (Å²) in [5.41, 5.74) is 8.48. The molecule has 23 heavy (non-hydrogen) atoms. The average Bonchev–Trinajstić information content (AvgIpc) is 3.04. The van der Waals surface area contributed by atoms with E-state index in [1.807, 2.05) is 65.4 Å². The van der Waals surface area contributed by atoms with Gasteiger partial charge in [0.05, 0.1) is 11.9 Å². The second kappa shape index (κ2) is 6.31. The van der Waals surface area contributed by atoms with Crippen LogP contribution in [-0.2, 0) is 6.54 Å². The lowest BCUT2D eigenvalue weighted by molar-refractivity contribution is 0.0995. The zero-order valence-electron chi connectivity index (χ0n) is 12.8. The van der Waals surface area contributed by atoms with Crippen molar-refractivity contribution in [1.82, 2.24) is 14.8 Å². The van der Waals surface area contributed by atoms with Gasteiger partial charge in [-0.2, -0.15) is 5.10 Å². The summed E-state index contributed by atoms with van der Waals surface area (Å²) >= 11 is 0. The second-order valence-corrected chi connectivity index (χ2v) is 5.25. The van der Waals surface area contributed by atoms with Crippen LogP contribution in [0.4, 0.5) is 5.69 Å². The molecule has 0 saturated carbocycles. The lowest BCUT2D eigenvalue weighted by atomic mass is 10.2. The van der Waals surface area contributed by atoms with Gasteiger partial charge < -0.3 is 10.6 Å². The average molecular weight is 307 g/mol. The van der Waals surface area contributed by atoms with E-state index in [1.165, 1.54) is 0 Å². The number of carbonyl (C=O) groups excluding carboxylic acids is 1. The molecule has 0 atom stereocenters. The first-order chi connectivity index (χ1) is 11.1. The van der Waals surface area contributed by atoms with Crippen molar-refractivity contribution in [2.75, 3.05) is 11.9 Å². The number of hydrogen-bond acceptors (Lipinski definition) is 4. The van der Waals surface area contributed by atoms with Crippen LogP contribution < -0.4 is 10.6 Å². The predicted octanol–water partition coefficient (Wildman–Crippen LogP) is 2.00. The minimum atomic E-state index is -0.530. The standard InChI is InChI=1S/C17H17N5O/c1-21(15-7-8-19-16(9-15)17(18)23)11-13-10-20-22(12-13)14-5-3-2-4-6-14/h2-10,12H,11H2,1H3,(H2,18,23). The number of pyridine rings is 1. The number of rotatable bonds is 5. The molecule has 2 aromatic heterocycles. The van der Waals surface area contributed by atoms with Gasteiger partial charge in [0.15, 0.2) is 0 Å². The van der Waals surface area contributed by atoms with Crippen molar-refractivity contribution >= 4 is 11.6 Å². The maximum atomic E-state index is 11.2. The Morgan fingerprint density at radius 1 is 1.26 bits per heavy atom. The minimum absolute atomic E-state index is 0.259. The molecule has 3 aromatic rings. The van der Waals surface area contributed by atoms with Crippen molar-refractivity contribution in [1.29, 1.82) is 0 Å². The number of benzene rings is 1. The van der Waals surface area contributed by atoms with Crippen LogP contribution in [-0.4, -0.2) is 27.7 Å². The number of nitrogens with zero attached hydrogens (tertiary/aromatic N) is 4. The fourth-order valence-corrected chi connectivity index (χ4v) is 2.32. The summed E-state index contributed by atoms with van der Waals surface area (Å²) in [4.78, 5) is 17.2. The molecular weight excluding hydrogens is 290 g/mol. The van der Waals surface area contributed by atoms with E-state index < -0.39 is 5.91 Å². The van der Waals surface area contributed by atoms with Crippen LogP contribution in [0.25, 0.3) is 5.69 Å². The topological polar surface area (TPSA) is 77.0 Å². The van der Waals surface area contributed by atoms with Crippen molar-refractivity contribution < 1.29 is 4.79 Å². The first-order valence-electron chi connectivity index (χ1n) is 7.19. The molecule has 0 aliphatic rings. The molecule has 2 N–H and O–H groups in total. The number of carbonyl (C=O) groups is 1. The highest BCUT2D eigenvalue weighted by Gasteiger charge is 2.08. The van der Waals surface area contributed by atoms with Crippen LogP contribution in [0.2, 0.25) is 0 Å². The van der Waals surface area contributed by atoms with Gasteiger partial charge in [-0.15, -0.1) is 0 Å². The molecule has 0 aliphatic carbocycles. The van der Waals surface area contributed by atoms with Crippen LogP contribution in [0.1, 0.15) is 16.1 Å². The summed E-state index contributed by atoms with van der Waals surface area (Å²) in [6.07, 6.45) is 5.40. The van der Waals surface area contributed by atoms with E-state index in [4.69, 9.17) is 5.73 Å². The Morgan fingerprint density at radius 2 is 2.04 bits per heavy atom. The normalized spacial score (nSPS) is 10.5. The van der Waals surface area contributed by atoms with Crippen molar-refractivity contribution in [2.24, 2.45) is 5.73 Å². The van der Waals surface area contributed by atoms with Gasteiger partial charge >= 0.3 is 0 Å². The third kappa shape index (κ3) is 3.37. The summed E-state index contributed by atoms with van der Waals surface area (Å²) in [6, 6.07) is 13.5. The van der Waals surface area contributed by atoms with Crippen LogP contribution in [0.5, 0.6) is 0 Å². The first-order valence-corrected chi connectivity index (χ1v) is 7.19. The largest absolute Gasteiger partial charge is 0.370 e. The Balaban J connectivity index is 1.76. The lowest BCUT2D eigenvalue weighted by Crippen LogP contribution is -2.18. The first kappa shape index (κ1) is 14.8. The van der Waals surface area contributed by atoms with Gasteiger partial charge in [-0.1, -0.05) is 18.2 Å². The van der Waals surface area contributed by atoms with Gasteiger partial charge in [0.1, 0.15) is 5.69 Å². The number of hydrogen-bond donors (Lipinski definition) is 1. The zero-order chi connectivity index (χ0) is 16.2. The molecule has 0 fully saturated rings. The number of anilines is 1. The molecular formula is C17H17N5O. The van der Waals surface area contributed by atoms with Gasteiger partial charge in [-0.25, -0.2) is 4.68 Å². The molecule has 6 nitrogen and oxygen atoms in total. The van der Waals surface area contributed by atoms with E-state index in [2.05, 4.69) is 10.1 Å². The van der Waals surface area contributed by atoms with Crippen LogP contribution in [0, 0.1) is 0 Å². The highest BCUT2D eigenvalue weighted by molar-refractivity contribution is 5.91. The number of aromatic nitrogens is 3. The van der Waals surface area contributed by atoms with E-state index in [1.54, 1.807) is 12.3 Å². The highest BCUT2D eigenvalue weighted by Crippen LogP contribution is 2.16. The molecule has 0 unspecified atom stereocenters. The molecule has 2 heterocycles. The van der Waals surface area contributed by atoms with Crippen molar-refractivity contribution in [3.8, 4) is 5.69 Å². The van der Waals surface area contributed by atoms with Gasteiger partial charge in [-0.05, 0) is 24.3 Å². The SMILES string of the molecule is CN(Cc1cnn(-c2ccccc2)c1)c1ccnc(C(N)=O)c1. The molecule has 116 valence electrons. The fraction of sp³-hybridized carbons (Fsp3) is 0.118. The number of primary amides is 1. The monoisotopic (exact) mass is 307 g/mol. The Morgan fingerprint density at radius 3 is 2.78 bits per heavy atom. The summed E-state index contributed by atoms with van der Waals surface area (Å²) in [5, 5.41) is 4.38. The van der Waals surface area contributed by atoms with Crippen molar-refractivity contribution in [3.63, 3.8) is 0 Å². The summed E-state index contributed by atoms with van der Waals surface area (Å²) in [7, 11) is 1.94. The van der Waals surface area contributed by atoms with Gasteiger partial charge in [0.25, 0.3) is 5.91 Å². The molecule has 1 amide bonds. The van der Waals surface area contributed by atoms with Crippen molar-refractivity contribution in [3.05, 3.63) is 72.3 Å². The number of amides is 1. The third-order valence-electron chi connectivity index (χ3n) is 3.51. The molecule has 0 saturated heterocycles. The molecule has 3 rings (SSSR count). The van der Waals surface area contributed by atoms with Crippen LogP contribution >= 0.6 is 0 Å². The fourth-order valence-electron chi connectivity index (χ4n) is 2.32. The smallest absolute Gasteiger partial charge is 0.267 e. The van der Waals surface area contributed by atoms with Gasteiger partial charge in [0.2, 0.25) is 0 Å². The molecule has 0 bridgehead atoms. The Hall–Kier alpha value is -3.15. The maximum absolute atomic E-state index is 11.2. The van der Waals surface area contributed by atoms with Crippen molar-refractivity contribution in [2.45, 2.75) is 6.54 Å². The quantitative estimate of drug-likeness (QED) is 0.782. The Kier molecular flexibility index (Phi) is 4.05. The molecule has 0 radical (unpaired) electrons. The van der Waals surface area contributed by atoms with Gasteiger partial charge in [-0.3, -0.25) is 9.78 Å². The molecule has 0 spiro atoms. The Bertz CT molecular complexity index is 813. The summed E-state index contributed by atoms with van der Waals surface area (Å²) < 4.78 is 1.84. The van der Waals surface area contributed by atoms with Gasteiger partial charge in [0, 0.05) is 37.2 Å². The zero-order valence-corrected chi connectivity index (χ0v) is 12.8. The number of nitrogens with two attached hydrogens (primary N) is 1. The Labute approximate surface area is 134 Å². The van der Waals surface area contributed by atoms with E-state index >= 15 is 0 Å². The number of para-hydroxylation sites is 1. The van der Waals surface area contributed by atoms with Crippen LogP contribution in [0.15, 0.2) is 61.1 Å². The minimum Gasteiger partial charge on any atom is -0.370 e. The second-order valence-electron chi connectivity index (χ2n) is 5.25. The van der Waals surface area contributed by atoms with Crippen LogP contribution in [0.3, 0.4) is 0 Å². The van der Waals surface area contributed by atoms with E-state index in [9.17, 15) is 4.79 Å². The maximum Gasteiger partial charge on any atom is 0.267 e.